The van der Waals surface area contributed by atoms with E-state index in [-0.39, 0.29) is 11.7 Å². The molecular formula is C20H19FN6O. The van der Waals surface area contributed by atoms with Crippen LogP contribution in [0.3, 0.4) is 0 Å². The Morgan fingerprint density at radius 2 is 2.14 bits per heavy atom. The number of nitriles is 1. The summed E-state index contributed by atoms with van der Waals surface area (Å²) in [7, 11) is 0. The fourth-order valence-corrected chi connectivity index (χ4v) is 3.47. The first-order chi connectivity index (χ1) is 13.6. The number of hydrogen-bond donors (Lipinski definition) is 0. The van der Waals surface area contributed by atoms with Gasteiger partial charge in [-0.25, -0.2) is 4.39 Å². The maximum atomic E-state index is 13.5. The molecule has 142 valence electrons. The Morgan fingerprint density at radius 1 is 1.29 bits per heavy atom. The molecule has 0 bridgehead atoms. The van der Waals surface area contributed by atoms with Crippen molar-refractivity contribution in [1.82, 2.24) is 20.3 Å². The minimum absolute atomic E-state index is 0.0125. The largest absolute Gasteiger partial charge is 0.353 e. The Hall–Kier alpha value is -3.34. The molecule has 1 aromatic carbocycles. The lowest BCUT2D eigenvalue weighted by molar-refractivity contribution is 0.333. The third-order valence-electron chi connectivity index (χ3n) is 5.14. The summed E-state index contributed by atoms with van der Waals surface area (Å²) in [6.45, 7) is 5.12. The van der Waals surface area contributed by atoms with E-state index in [9.17, 15) is 9.65 Å². The predicted molar refractivity (Wildman–Crippen MR) is 100 cm³/mol. The summed E-state index contributed by atoms with van der Waals surface area (Å²) in [5.41, 5.74) is 2.74. The van der Waals surface area contributed by atoms with Crippen LogP contribution in [0.1, 0.15) is 41.5 Å². The predicted octanol–water partition coefficient (Wildman–Crippen LogP) is 3.54. The van der Waals surface area contributed by atoms with Gasteiger partial charge in [-0.1, -0.05) is 17.3 Å². The first-order valence-corrected chi connectivity index (χ1v) is 9.15. The van der Waals surface area contributed by atoms with Crippen LogP contribution in [0.4, 0.5) is 10.2 Å². The van der Waals surface area contributed by atoms with Crippen LogP contribution in [0, 0.1) is 31.0 Å². The zero-order chi connectivity index (χ0) is 19.7. The van der Waals surface area contributed by atoms with Gasteiger partial charge in [-0.15, -0.1) is 5.10 Å². The average Bonchev–Trinajstić information content (AvgIpc) is 3.20. The Labute approximate surface area is 161 Å². The van der Waals surface area contributed by atoms with E-state index in [1.165, 1.54) is 12.1 Å². The van der Waals surface area contributed by atoms with Crippen molar-refractivity contribution in [1.29, 1.82) is 5.26 Å². The second-order valence-electron chi connectivity index (χ2n) is 6.97. The molecule has 0 radical (unpaired) electrons. The Morgan fingerprint density at radius 3 is 2.93 bits per heavy atom. The van der Waals surface area contributed by atoms with E-state index in [1.54, 1.807) is 12.1 Å². The van der Waals surface area contributed by atoms with Crippen LogP contribution in [0.5, 0.6) is 0 Å². The van der Waals surface area contributed by atoms with Gasteiger partial charge in [0.2, 0.25) is 11.7 Å². The van der Waals surface area contributed by atoms with Crippen LogP contribution in [0.15, 0.2) is 28.8 Å². The molecular weight excluding hydrogens is 359 g/mol. The maximum absolute atomic E-state index is 13.5. The highest BCUT2D eigenvalue weighted by Gasteiger charge is 2.29. The highest BCUT2D eigenvalue weighted by Crippen LogP contribution is 2.31. The molecule has 1 unspecified atom stereocenters. The van der Waals surface area contributed by atoms with Gasteiger partial charge in [0.25, 0.3) is 0 Å². The first kappa shape index (κ1) is 18.0. The second-order valence-corrected chi connectivity index (χ2v) is 6.97. The highest BCUT2D eigenvalue weighted by atomic mass is 19.1. The standard InChI is InChI=1S/C20H19FN6O/c1-12-13(2)24-25-19(17(12)10-22)27-8-4-6-15(11-27)20-23-18(26-28-20)14-5-3-7-16(21)9-14/h3,5,7,9,15H,4,6,8,11H2,1-2H3. The number of nitrogens with zero attached hydrogens (tertiary/aromatic N) is 6. The van der Waals surface area contributed by atoms with E-state index < -0.39 is 0 Å². The summed E-state index contributed by atoms with van der Waals surface area (Å²) >= 11 is 0. The minimum Gasteiger partial charge on any atom is -0.353 e. The molecule has 3 heterocycles. The molecule has 3 aromatic rings. The topological polar surface area (TPSA) is 91.7 Å². The molecule has 2 aromatic heterocycles. The lowest BCUT2D eigenvalue weighted by Gasteiger charge is -2.32. The van der Waals surface area contributed by atoms with Crippen LogP contribution in [0.25, 0.3) is 11.4 Å². The minimum atomic E-state index is -0.343. The third kappa shape index (κ3) is 3.31. The highest BCUT2D eigenvalue weighted by molar-refractivity contribution is 5.58. The zero-order valence-electron chi connectivity index (χ0n) is 15.7. The number of anilines is 1. The van der Waals surface area contributed by atoms with Gasteiger partial charge in [0.05, 0.1) is 11.6 Å². The van der Waals surface area contributed by atoms with E-state index in [1.807, 2.05) is 13.8 Å². The quantitative estimate of drug-likeness (QED) is 0.688. The number of hydrogen-bond acceptors (Lipinski definition) is 7. The zero-order valence-corrected chi connectivity index (χ0v) is 15.7. The van der Waals surface area contributed by atoms with Crippen LogP contribution >= 0.6 is 0 Å². The number of aromatic nitrogens is 4. The van der Waals surface area contributed by atoms with Crippen molar-refractivity contribution in [2.24, 2.45) is 0 Å². The molecule has 0 N–H and O–H groups in total. The lowest BCUT2D eigenvalue weighted by atomic mass is 9.97. The molecule has 0 saturated carbocycles. The molecule has 8 heteroatoms. The van der Waals surface area contributed by atoms with Crippen molar-refractivity contribution in [2.45, 2.75) is 32.6 Å². The maximum Gasteiger partial charge on any atom is 0.231 e. The molecule has 1 atom stereocenters. The number of rotatable bonds is 3. The monoisotopic (exact) mass is 378 g/mol. The number of aryl methyl sites for hydroxylation is 1. The summed E-state index contributed by atoms with van der Waals surface area (Å²) in [5, 5.41) is 22.0. The van der Waals surface area contributed by atoms with Crippen molar-refractivity contribution in [3.63, 3.8) is 0 Å². The summed E-state index contributed by atoms with van der Waals surface area (Å²) < 4.78 is 18.9. The number of halogens is 1. The molecule has 0 spiro atoms. The lowest BCUT2D eigenvalue weighted by Crippen LogP contribution is -2.36. The smallest absolute Gasteiger partial charge is 0.231 e. The molecule has 28 heavy (non-hydrogen) atoms. The Balaban J connectivity index is 1.59. The van der Waals surface area contributed by atoms with E-state index in [2.05, 4.69) is 31.3 Å². The van der Waals surface area contributed by atoms with Gasteiger partial charge in [-0.3, -0.25) is 0 Å². The van der Waals surface area contributed by atoms with Gasteiger partial charge in [-0.2, -0.15) is 15.3 Å². The summed E-state index contributed by atoms with van der Waals surface area (Å²) in [4.78, 5) is 6.53. The van der Waals surface area contributed by atoms with E-state index in [4.69, 9.17) is 4.52 Å². The van der Waals surface area contributed by atoms with Crippen LogP contribution < -0.4 is 4.90 Å². The molecule has 0 amide bonds. The van der Waals surface area contributed by atoms with Gasteiger partial charge in [0.1, 0.15) is 17.4 Å². The van der Waals surface area contributed by atoms with Crippen LogP contribution in [-0.4, -0.2) is 33.4 Å². The van der Waals surface area contributed by atoms with Crippen molar-refractivity contribution in [3.05, 3.63) is 52.8 Å². The normalized spacial score (nSPS) is 16.8. The summed E-state index contributed by atoms with van der Waals surface area (Å²) in [5.74, 6) is 1.15. The number of benzene rings is 1. The summed E-state index contributed by atoms with van der Waals surface area (Å²) in [6.07, 6.45) is 1.79. The second kappa shape index (κ2) is 7.35. The molecule has 1 saturated heterocycles. The van der Waals surface area contributed by atoms with E-state index >= 15 is 0 Å². The molecule has 7 nitrogen and oxygen atoms in total. The fourth-order valence-electron chi connectivity index (χ4n) is 3.47. The first-order valence-electron chi connectivity index (χ1n) is 9.15. The van der Waals surface area contributed by atoms with Crippen molar-refractivity contribution in [3.8, 4) is 17.5 Å². The van der Waals surface area contributed by atoms with E-state index in [0.717, 1.165) is 30.6 Å². The average molecular weight is 378 g/mol. The van der Waals surface area contributed by atoms with Crippen molar-refractivity contribution >= 4 is 5.82 Å². The third-order valence-corrected chi connectivity index (χ3v) is 5.14. The van der Waals surface area contributed by atoms with Gasteiger partial charge >= 0.3 is 0 Å². The SMILES string of the molecule is Cc1nnc(N2CCCC(c3nc(-c4cccc(F)c4)no3)C2)c(C#N)c1C. The van der Waals surface area contributed by atoms with Crippen LogP contribution in [0.2, 0.25) is 0 Å². The van der Waals surface area contributed by atoms with Gasteiger partial charge < -0.3 is 9.42 Å². The Kier molecular flexibility index (Phi) is 4.74. The van der Waals surface area contributed by atoms with Crippen molar-refractivity contribution < 1.29 is 8.91 Å². The van der Waals surface area contributed by atoms with Crippen LogP contribution in [-0.2, 0) is 0 Å². The molecule has 1 aliphatic heterocycles. The molecule has 4 rings (SSSR count). The van der Waals surface area contributed by atoms with Crippen molar-refractivity contribution in [2.75, 3.05) is 18.0 Å². The number of piperidine rings is 1. The molecule has 1 aliphatic rings. The summed E-state index contributed by atoms with van der Waals surface area (Å²) in [6, 6.07) is 8.37. The molecule has 1 fully saturated rings. The fraction of sp³-hybridized carbons (Fsp3) is 0.350. The molecule has 0 aliphatic carbocycles. The van der Waals surface area contributed by atoms with Gasteiger partial charge in [-0.05, 0) is 44.4 Å². The van der Waals surface area contributed by atoms with E-state index in [0.29, 0.717) is 35.2 Å². The Bertz CT molecular complexity index is 1060. The van der Waals surface area contributed by atoms with Gasteiger partial charge in [0, 0.05) is 18.7 Å². The van der Waals surface area contributed by atoms with Gasteiger partial charge in [0.15, 0.2) is 5.82 Å².